The SMILES string of the molecule is COc1cccc(OC)c1[Te](C)(I)I. The van der Waals surface area contributed by atoms with Gasteiger partial charge in [0, 0.05) is 0 Å². The molecule has 0 heterocycles. The van der Waals surface area contributed by atoms with Crippen molar-refractivity contribution >= 4 is 51.3 Å². The summed E-state index contributed by atoms with van der Waals surface area (Å²) in [7, 11) is 1.41. The first-order valence-corrected chi connectivity index (χ1v) is 21.0. The summed E-state index contributed by atoms with van der Waals surface area (Å²) in [4.78, 5) is 2.31. The Balaban J connectivity index is 3.34. The van der Waals surface area contributed by atoms with Crippen LogP contribution in [0.5, 0.6) is 11.5 Å². The summed E-state index contributed by atoms with van der Waals surface area (Å²) in [5.41, 5.74) is 0. The van der Waals surface area contributed by atoms with Gasteiger partial charge in [-0.25, -0.2) is 0 Å². The van der Waals surface area contributed by atoms with Gasteiger partial charge in [-0.2, -0.15) is 0 Å². The van der Waals surface area contributed by atoms with E-state index in [1.165, 1.54) is 3.61 Å². The first-order chi connectivity index (χ1) is 6.50. The molecule has 1 rings (SSSR count). The summed E-state index contributed by atoms with van der Waals surface area (Å²) in [5.74, 6) is 1.91. The summed E-state index contributed by atoms with van der Waals surface area (Å²) >= 11 is 5.11. The van der Waals surface area contributed by atoms with Crippen LogP contribution in [0.25, 0.3) is 0 Å². The van der Waals surface area contributed by atoms with E-state index in [1.54, 1.807) is 14.2 Å². The van der Waals surface area contributed by atoms with Crippen molar-refractivity contribution in [2.75, 3.05) is 14.2 Å². The second kappa shape index (κ2) is 5.41. The number of methoxy groups -OCH3 is 2. The maximum atomic E-state index is 5.37. The molecule has 80 valence electrons. The molecule has 0 saturated carbocycles. The predicted octanol–water partition coefficient (Wildman–Crippen LogP) is 2.85. The van der Waals surface area contributed by atoms with E-state index in [2.05, 4.69) is 42.4 Å². The Bertz CT molecular complexity index is 301. The zero-order chi connectivity index (χ0) is 10.8. The fraction of sp³-hybridized carbons (Fsp3) is 0.333. The van der Waals surface area contributed by atoms with Crippen molar-refractivity contribution in [3.05, 3.63) is 18.2 Å². The Morgan fingerprint density at radius 3 is 1.79 bits per heavy atom. The second-order valence-electron chi connectivity index (χ2n) is 2.72. The second-order valence-corrected chi connectivity index (χ2v) is 43.0. The van der Waals surface area contributed by atoms with E-state index in [4.69, 9.17) is 9.47 Å². The molecule has 0 amide bonds. The van der Waals surface area contributed by atoms with Crippen LogP contribution in [0.3, 0.4) is 0 Å². The molecule has 0 unspecified atom stereocenters. The molecular formula is C9H12I2O2Te. The van der Waals surface area contributed by atoms with E-state index in [0.717, 1.165) is 11.5 Å². The van der Waals surface area contributed by atoms with Gasteiger partial charge < -0.3 is 0 Å². The molecule has 1 aromatic rings. The van der Waals surface area contributed by atoms with Crippen LogP contribution in [-0.2, 0) is 0 Å². The van der Waals surface area contributed by atoms with Gasteiger partial charge in [0.15, 0.2) is 0 Å². The molecule has 0 atom stereocenters. The first-order valence-electron chi connectivity index (χ1n) is 3.89. The summed E-state index contributed by atoms with van der Waals surface area (Å²) in [6, 6.07) is 5.96. The molecule has 5 heteroatoms. The fourth-order valence-electron chi connectivity index (χ4n) is 1.17. The van der Waals surface area contributed by atoms with Crippen LogP contribution >= 0.6 is 37.4 Å². The average molecular weight is 534 g/mol. The Labute approximate surface area is 108 Å². The van der Waals surface area contributed by atoms with Gasteiger partial charge in [-0.15, -0.1) is 0 Å². The van der Waals surface area contributed by atoms with Crippen molar-refractivity contribution in [3.8, 4) is 11.5 Å². The predicted molar refractivity (Wildman–Crippen MR) is 78.8 cm³/mol. The summed E-state index contributed by atoms with van der Waals surface area (Å²) in [5, 5.41) is 0. The maximum absolute atomic E-state index is 5.37. The monoisotopic (exact) mass is 536 g/mol. The third kappa shape index (κ3) is 3.03. The minimum absolute atomic E-state index is 0.955. The average Bonchev–Trinajstić information content (AvgIpc) is 2.15. The third-order valence-electron chi connectivity index (χ3n) is 1.74. The van der Waals surface area contributed by atoms with E-state index in [-0.39, 0.29) is 0 Å². The van der Waals surface area contributed by atoms with Gasteiger partial charge in [0.05, 0.1) is 0 Å². The fourth-order valence-corrected chi connectivity index (χ4v) is 9.87. The molecule has 0 fully saturated rings. The van der Waals surface area contributed by atoms with E-state index < -0.39 is 10.3 Å². The molecule has 2 nitrogen and oxygen atoms in total. The summed E-state index contributed by atoms with van der Waals surface area (Å²) in [6.07, 6.45) is 0. The standard InChI is InChI=1S/C9H12I2O2Te/c1-12-7-5-4-6-8(13-2)9(7)14(3,10)11/h4-6H,1-3H3. The van der Waals surface area contributed by atoms with Crippen LogP contribution in [-0.4, -0.2) is 24.5 Å². The Morgan fingerprint density at radius 2 is 1.50 bits per heavy atom. The number of benzene rings is 1. The summed E-state index contributed by atoms with van der Waals surface area (Å²) in [6.45, 7) is 0. The number of rotatable bonds is 3. The molecule has 0 spiro atoms. The Kier molecular flexibility index (Phi) is 5.08. The molecule has 0 radical (unpaired) electrons. The van der Waals surface area contributed by atoms with Gasteiger partial charge in [0.1, 0.15) is 0 Å². The first kappa shape index (κ1) is 13.1. The number of ether oxygens (including phenoxy) is 2. The Hall–Kier alpha value is 1.07. The molecule has 0 aromatic heterocycles. The van der Waals surface area contributed by atoms with Crippen LogP contribution in [0.2, 0.25) is 4.97 Å². The third-order valence-corrected chi connectivity index (χ3v) is 10.8. The zero-order valence-corrected chi connectivity index (χ0v) is 14.9. The van der Waals surface area contributed by atoms with Gasteiger partial charge in [-0.05, 0) is 0 Å². The molecule has 0 bridgehead atoms. The van der Waals surface area contributed by atoms with Gasteiger partial charge in [-0.3, -0.25) is 0 Å². The van der Waals surface area contributed by atoms with Crippen LogP contribution in [0, 0.1) is 0 Å². The molecule has 1 aromatic carbocycles. The topological polar surface area (TPSA) is 18.5 Å². The van der Waals surface area contributed by atoms with Crippen molar-refractivity contribution in [1.29, 1.82) is 0 Å². The quantitative estimate of drug-likeness (QED) is 0.440. The van der Waals surface area contributed by atoms with Gasteiger partial charge in [-0.1, -0.05) is 0 Å². The molecule has 0 aliphatic carbocycles. The van der Waals surface area contributed by atoms with Crippen LogP contribution in [0.4, 0.5) is 0 Å². The zero-order valence-electron chi connectivity index (χ0n) is 8.21. The molecule has 0 aliphatic heterocycles. The number of hydrogen-bond donors (Lipinski definition) is 0. The van der Waals surface area contributed by atoms with Crippen LogP contribution < -0.4 is 13.1 Å². The van der Waals surface area contributed by atoms with Gasteiger partial charge >= 0.3 is 110 Å². The number of halogens is 2. The van der Waals surface area contributed by atoms with Gasteiger partial charge in [0.2, 0.25) is 0 Å². The van der Waals surface area contributed by atoms with Crippen molar-refractivity contribution < 1.29 is 9.47 Å². The van der Waals surface area contributed by atoms with E-state index >= 15 is 0 Å². The minimum atomic E-state index is -2.00. The van der Waals surface area contributed by atoms with E-state index in [9.17, 15) is 0 Å². The molecule has 0 N–H and O–H groups in total. The van der Waals surface area contributed by atoms with Crippen LogP contribution in [0.1, 0.15) is 0 Å². The normalized spacial score (nSPS) is 12.4. The van der Waals surface area contributed by atoms with E-state index in [1.807, 2.05) is 18.2 Å². The molecular weight excluding hydrogens is 522 g/mol. The summed E-state index contributed by atoms with van der Waals surface area (Å²) < 4.78 is 12.0. The molecule has 0 saturated heterocycles. The van der Waals surface area contributed by atoms with Crippen molar-refractivity contribution in [2.45, 2.75) is 4.97 Å². The van der Waals surface area contributed by atoms with Gasteiger partial charge in [0.25, 0.3) is 0 Å². The van der Waals surface area contributed by atoms with Crippen LogP contribution in [0.15, 0.2) is 18.2 Å². The van der Waals surface area contributed by atoms with E-state index in [0.29, 0.717) is 0 Å². The number of hydrogen-bond acceptors (Lipinski definition) is 2. The molecule has 0 aliphatic rings. The van der Waals surface area contributed by atoms with Crippen molar-refractivity contribution in [1.82, 2.24) is 0 Å². The van der Waals surface area contributed by atoms with Crippen molar-refractivity contribution in [3.63, 3.8) is 0 Å². The van der Waals surface area contributed by atoms with Crippen molar-refractivity contribution in [2.24, 2.45) is 0 Å². The Morgan fingerprint density at radius 1 is 1.07 bits per heavy atom. The molecule has 14 heavy (non-hydrogen) atoms.